The van der Waals surface area contributed by atoms with Gasteiger partial charge >= 0.3 is 0 Å². The number of piperidine rings is 1. The Morgan fingerprint density at radius 2 is 2.00 bits per heavy atom. The summed E-state index contributed by atoms with van der Waals surface area (Å²) >= 11 is 0. The molecule has 1 aromatic carbocycles. The number of hydrogen-bond acceptors (Lipinski definition) is 3. The van der Waals surface area contributed by atoms with Crippen LogP contribution in [0.5, 0.6) is 0 Å². The molecule has 1 N–H and O–H groups in total. The summed E-state index contributed by atoms with van der Waals surface area (Å²) in [6.45, 7) is 8.89. The molecule has 3 heteroatoms. The lowest BCUT2D eigenvalue weighted by Crippen LogP contribution is -2.39. The first-order chi connectivity index (χ1) is 10.4. The van der Waals surface area contributed by atoms with E-state index in [0.29, 0.717) is 0 Å². The summed E-state index contributed by atoms with van der Waals surface area (Å²) < 4.78 is 6.07. The average molecular weight is 288 g/mol. The minimum Gasteiger partial charge on any atom is -0.372 e. The van der Waals surface area contributed by atoms with Crippen molar-refractivity contribution in [2.24, 2.45) is 5.92 Å². The van der Waals surface area contributed by atoms with Crippen molar-refractivity contribution in [3.63, 3.8) is 0 Å². The molecular formula is C18H28N2O. The van der Waals surface area contributed by atoms with Gasteiger partial charge in [-0.15, -0.1) is 0 Å². The predicted molar refractivity (Wildman–Crippen MR) is 86.5 cm³/mol. The third-order valence-electron chi connectivity index (χ3n) is 4.94. The molecule has 0 aliphatic carbocycles. The lowest BCUT2D eigenvalue weighted by molar-refractivity contribution is 0.0129. The Hall–Kier alpha value is -0.900. The normalized spacial score (nSPS) is 23.2. The monoisotopic (exact) mass is 288 g/mol. The second kappa shape index (κ2) is 7.39. The molecule has 1 saturated heterocycles. The van der Waals surface area contributed by atoms with E-state index in [-0.39, 0.29) is 6.10 Å². The maximum absolute atomic E-state index is 6.07. The summed E-state index contributed by atoms with van der Waals surface area (Å²) in [6, 6.07) is 8.79. The van der Waals surface area contributed by atoms with Gasteiger partial charge in [-0.1, -0.05) is 31.2 Å². The molecule has 1 aromatic rings. The van der Waals surface area contributed by atoms with Crippen molar-refractivity contribution in [2.75, 3.05) is 39.3 Å². The van der Waals surface area contributed by atoms with Crippen LogP contribution in [0.3, 0.4) is 0 Å². The summed E-state index contributed by atoms with van der Waals surface area (Å²) in [7, 11) is 0. The van der Waals surface area contributed by atoms with Crippen molar-refractivity contribution in [1.29, 1.82) is 0 Å². The molecule has 0 radical (unpaired) electrons. The summed E-state index contributed by atoms with van der Waals surface area (Å²) in [5.74, 6) is 0.852. The quantitative estimate of drug-likeness (QED) is 0.901. The lowest BCUT2D eigenvalue weighted by Gasteiger charge is -2.34. The Kier molecular flexibility index (Phi) is 5.28. The highest BCUT2D eigenvalue weighted by Gasteiger charge is 2.24. The third kappa shape index (κ3) is 3.85. The van der Waals surface area contributed by atoms with Crippen LogP contribution in [0.25, 0.3) is 0 Å². The SMILES string of the molecule is CCN(CC1CCNCC1)CC1OCCc2ccccc21. The number of nitrogens with zero attached hydrogens (tertiary/aromatic N) is 1. The lowest BCUT2D eigenvalue weighted by atomic mass is 9.95. The van der Waals surface area contributed by atoms with E-state index >= 15 is 0 Å². The predicted octanol–water partition coefficient (Wildman–Crippen LogP) is 2.62. The van der Waals surface area contributed by atoms with Gasteiger partial charge < -0.3 is 15.0 Å². The number of ether oxygens (including phenoxy) is 1. The highest BCUT2D eigenvalue weighted by atomic mass is 16.5. The molecule has 2 aliphatic heterocycles. The number of rotatable bonds is 5. The first-order valence-corrected chi connectivity index (χ1v) is 8.49. The molecule has 1 unspecified atom stereocenters. The fourth-order valence-corrected chi connectivity index (χ4v) is 3.62. The molecule has 1 fully saturated rings. The highest BCUT2D eigenvalue weighted by molar-refractivity contribution is 5.31. The van der Waals surface area contributed by atoms with E-state index in [2.05, 4.69) is 41.4 Å². The van der Waals surface area contributed by atoms with Gasteiger partial charge in [-0.2, -0.15) is 0 Å². The van der Waals surface area contributed by atoms with Gasteiger partial charge in [0.25, 0.3) is 0 Å². The first kappa shape index (κ1) is 15.0. The summed E-state index contributed by atoms with van der Waals surface area (Å²) in [4.78, 5) is 2.59. The zero-order chi connectivity index (χ0) is 14.5. The Morgan fingerprint density at radius 1 is 1.19 bits per heavy atom. The first-order valence-electron chi connectivity index (χ1n) is 8.49. The van der Waals surface area contributed by atoms with Crippen LogP contribution in [-0.4, -0.2) is 44.2 Å². The minimum absolute atomic E-state index is 0.261. The topological polar surface area (TPSA) is 24.5 Å². The fourth-order valence-electron chi connectivity index (χ4n) is 3.62. The van der Waals surface area contributed by atoms with E-state index in [4.69, 9.17) is 4.74 Å². The van der Waals surface area contributed by atoms with Gasteiger partial charge in [0.1, 0.15) is 0 Å². The van der Waals surface area contributed by atoms with Gasteiger partial charge in [0, 0.05) is 13.1 Å². The van der Waals surface area contributed by atoms with E-state index in [1.54, 1.807) is 0 Å². The maximum atomic E-state index is 6.07. The second-order valence-electron chi connectivity index (χ2n) is 6.35. The maximum Gasteiger partial charge on any atom is 0.0954 e. The van der Waals surface area contributed by atoms with Gasteiger partial charge in [-0.05, 0) is 55.9 Å². The summed E-state index contributed by atoms with van der Waals surface area (Å²) in [5, 5.41) is 3.46. The minimum atomic E-state index is 0.261. The van der Waals surface area contributed by atoms with Gasteiger partial charge in [-0.3, -0.25) is 0 Å². The Labute approximate surface area is 128 Å². The largest absolute Gasteiger partial charge is 0.372 e. The molecule has 1 atom stereocenters. The number of likely N-dealkylation sites (N-methyl/N-ethyl adjacent to an activating group) is 1. The van der Waals surface area contributed by atoms with Crippen LogP contribution < -0.4 is 5.32 Å². The molecule has 3 rings (SSSR count). The van der Waals surface area contributed by atoms with Crippen molar-refractivity contribution >= 4 is 0 Å². The van der Waals surface area contributed by atoms with E-state index < -0.39 is 0 Å². The third-order valence-corrected chi connectivity index (χ3v) is 4.94. The molecule has 0 bridgehead atoms. The van der Waals surface area contributed by atoms with E-state index in [9.17, 15) is 0 Å². The van der Waals surface area contributed by atoms with Gasteiger partial charge in [-0.25, -0.2) is 0 Å². The van der Waals surface area contributed by atoms with Crippen LogP contribution >= 0.6 is 0 Å². The van der Waals surface area contributed by atoms with Crippen LogP contribution in [-0.2, 0) is 11.2 Å². The van der Waals surface area contributed by atoms with E-state index in [0.717, 1.165) is 32.0 Å². The van der Waals surface area contributed by atoms with Gasteiger partial charge in [0.05, 0.1) is 12.7 Å². The van der Waals surface area contributed by atoms with Crippen molar-refractivity contribution < 1.29 is 4.74 Å². The molecule has 2 aliphatic rings. The molecule has 21 heavy (non-hydrogen) atoms. The van der Waals surface area contributed by atoms with Gasteiger partial charge in [0.15, 0.2) is 0 Å². The molecule has 3 nitrogen and oxygen atoms in total. The standard InChI is InChI=1S/C18H28N2O/c1-2-20(13-15-7-10-19-11-8-15)14-18-17-6-4-3-5-16(17)9-12-21-18/h3-6,15,18-19H,2,7-14H2,1H3. The Bertz CT molecular complexity index is 443. The van der Waals surface area contributed by atoms with Crippen molar-refractivity contribution in [1.82, 2.24) is 10.2 Å². The average Bonchev–Trinajstić information content (AvgIpc) is 2.55. The van der Waals surface area contributed by atoms with Crippen LogP contribution in [0.1, 0.15) is 37.0 Å². The van der Waals surface area contributed by atoms with E-state index in [1.807, 2.05) is 0 Å². The van der Waals surface area contributed by atoms with Crippen molar-refractivity contribution in [3.05, 3.63) is 35.4 Å². The molecule has 0 amide bonds. The Morgan fingerprint density at radius 3 is 2.81 bits per heavy atom. The number of nitrogens with one attached hydrogen (secondary N) is 1. The zero-order valence-corrected chi connectivity index (χ0v) is 13.2. The van der Waals surface area contributed by atoms with Crippen LogP contribution in [0.2, 0.25) is 0 Å². The smallest absolute Gasteiger partial charge is 0.0954 e. The fraction of sp³-hybridized carbons (Fsp3) is 0.667. The molecule has 0 saturated carbocycles. The Balaban J connectivity index is 1.61. The number of fused-ring (bicyclic) bond motifs is 1. The van der Waals surface area contributed by atoms with Crippen LogP contribution in [0.4, 0.5) is 0 Å². The van der Waals surface area contributed by atoms with Gasteiger partial charge in [0.2, 0.25) is 0 Å². The molecular weight excluding hydrogens is 260 g/mol. The zero-order valence-electron chi connectivity index (χ0n) is 13.2. The van der Waals surface area contributed by atoms with Crippen molar-refractivity contribution in [2.45, 2.75) is 32.3 Å². The molecule has 2 heterocycles. The number of benzene rings is 1. The second-order valence-corrected chi connectivity index (χ2v) is 6.35. The van der Waals surface area contributed by atoms with Crippen molar-refractivity contribution in [3.8, 4) is 0 Å². The summed E-state index contributed by atoms with van der Waals surface area (Å²) in [6.07, 6.45) is 3.96. The van der Waals surface area contributed by atoms with Crippen LogP contribution in [0, 0.1) is 5.92 Å². The molecule has 0 spiro atoms. The molecule has 0 aromatic heterocycles. The highest BCUT2D eigenvalue weighted by Crippen LogP contribution is 2.28. The summed E-state index contributed by atoms with van der Waals surface area (Å²) in [5.41, 5.74) is 2.89. The van der Waals surface area contributed by atoms with E-state index in [1.165, 1.54) is 43.6 Å². The molecule has 116 valence electrons. The number of hydrogen-bond donors (Lipinski definition) is 1. The van der Waals surface area contributed by atoms with Crippen LogP contribution in [0.15, 0.2) is 24.3 Å².